The highest BCUT2D eigenvalue weighted by atomic mass is 16.5. The van der Waals surface area contributed by atoms with E-state index in [1.54, 1.807) is 7.05 Å². The molecule has 0 aliphatic heterocycles. The predicted molar refractivity (Wildman–Crippen MR) is 62.0 cm³/mol. The maximum atomic E-state index is 11.5. The van der Waals surface area contributed by atoms with Crippen LogP contribution >= 0.6 is 0 Å². The van der Waals surface area contributed by atoms with E-state index >= 15 is 0 Å². The van der Waals surface area contributed by atoms with Crippen LogP contribution in [-0.4, -0.2) is 54.7 Å². The van der Waals surface area contributed by atoms with Crippen LogP contribution in [0.3, 0.4) is 0 Å². The maximum absolute atomic E-state index is 11.5. The third-order valence-electron chi connectivity index (χ3n) is 2.81. The first-order valence-corrected chi connectivity index (χ1v) is 5.83. The Labute approximate surface area is 105 Å². The van der Waals surface area contributed by atoms with Crippen molar-refractivity contribution in [2.75, 3.05) is 26.8 Å². The molecule has 102 valence electrons. The minimum absolute atomic E-state index is 0.435. The van der Waals surface area contributed by atoms with Gasteiger partial charge in [0.1, 0.15) is 13.2 Å². The van der Waals surface area contributed by atoms with Gasteiger partial charge in [0.05, 0.1) is 0 Å². The van der Waals surface area contributed by atoms with E-state index in [1.807, 2.05) is 0 Å². The lowest BCUT2D eigenvalue weighted by molar-refractivity contribution is -0.143. The van der Waals surface area contributed by atoms with Gasteiger partial charge < -0.3 is 14.7 Å². The first kappa shape index (κ1) is 14.4. The Balaban J connectivity index is 2.16. The van der Waals surface area contributed by atoms with Gasteiger partial charge in [0.2, 0.25) is 0 Å². The molecule has 1 aliphatic rings. The highest BCUT2D eigenvalue weighted by Gasteiger charge is 2.22. The van der Waals surface area contributed by atoms with Gasteiger partial charge >= 0.3 is 12.0 Å². The first-order valence-electron chi connectivity index (χ1n) is 5.83. The van der Waals surface area contributed by atoms with E-state index in [0.717, 1.165) is 12.8 Å². The molecule has 18 heavy (non-hydrogen) atoms. The van der Waals surface area contributed by atoms with Gasteiger partial charge in [-0.15, -0.1) is 0 Å². The summed E-state index contributed by atoms with van der Waals surface area (Å²) in [7, 11) is 1.62. The molecule has 0 radical (unpaired) electrons. The molecule has 1 aliphatic carbocycles. The van der Waals surface area contributed by atoms with E-state index in [2.05, 4.69) is 10.1 Å². The number of aliphatic carboxylic acids is 1. The zero-order valence-electron chi connectivity index (χ0n) is 10.3. The SMILES string of the molecule is CN(CC1CCC1)C(=O)NC(=O)COCC(=O)O. The number of carbonyl (C=O) groups excluding carboxylic acids is 2. The second-order valence-electron chi connectivity index (χ2n) is 4.42. The smallest absolute Gasteiger partial charge is 0.329 e. The van der Waals surface area contributed by atoms with Gasteiger partial charge in [0, 0.05) is 13.6 Å². The molecule has 1 rings (SSSR count). The molecule has 2 N–H and O–H groups in total. The normalized spacial score (nSPS) is 14.7. The second kappa shape index (κ2) is 6.95. The molecule has 0 heterocycles. The summed E-state index contributed by atoms with van der Waals surface area (Å²) in [4.78, 5) is 34.4. The van der Waals surface area contributed by atoms with Crippen molar-refractivity contribution in [1.82, 2.24) is 10.2 Å². The van der Waals surface area contributed by atoms with E-state index in [9.17, 15) is 14.4 Å². The molecular weight excluding hydrogens is 240 g/mol. The van der Waals surface area contributed by atoms with Crippen molar-refractivity contribution in [3.8, 4) is 0 Å². The number of hydrogen-bond acceptors (Lipinski definition) is 4. The van der Waals surface area contributed by atoms with E-state index < -0.39 is 31.1 Å². The number of rotatable bonds is 6. The fraction of sp³-hybridized carbons (Fsp3) is 0.727. The Bertz CT molecular complexity index is 327. The average molecular weight is 258 g/mol. The molecule has 7 heteroatoms. The Morgan fingerprint density at radius 1 is 1.33 bits per heavy atom. The topological polar surface area (TPSA) is 95.9 Å². The van der Waals surface area contributed by atoms with Gasteiger partial charge in [-0.1, -0.05) is 6.42 Å². The summed E-state index contributed by atoms with van der Waals surface area (Å²) >= 11 is 0. The second-order valence-corrected chi connectivity index (χ2v) is 4.42. The van der Waals surface area contributed by atoms with E-state index in [1.165, 1.54) is 11.3 Å². The Morgan fingerprint density at radius 2 is 2.00 bits per heavy atom. The fourth-order valence-corrected chi connectivity index (χ4v) is 1.63. The quantitative estimate of drug-likeness (QED) is 0.702. The van der Waals surface area contributed by atoms with Crippen molar-refractivity contribution >= 4 is 17.9 Å². The van der Waals surface area contributed by atoms with Gasteiger partial charge in [0.25, 0.3) is 5.91 Å². The number of hydrogen-bond donors (Lipinski definition) is 2. The molecule has 0 unspecified atom stereocenters. The molecule has 0 aromatic heterocycles. The maximum Gasteiger partial charge on any atom is 0.329 e. The summed E-state index contributed by atoms with van der Waals surface area (Å²) in [6.45, 7) is -0.357. The van der Waals surface area contributed by atoms with Gasteiger partial charge in [-0.3, -0.25) is 10.1 Å². The fourth-order valence-electron chi connectivity index (χ4n) is 1.63. The minimum Gasteiger partial charge on any atom is -0.480 e. The van der Waals surface area contributed by atoms with Gasteiger partial charge in [-0.2, -0.15) is 0 Å². The first-order chi connectivity index (χ1) is 8.49. The van der Waals surface area contributed by atoms with Crippen molar-refractivity contribution in [2.45, 2.75) is 19.3 Å². The van der Waals surface area contributed by atoms with Gasteiger partial charge in [0.15, 0.2) is 0 Å². The van der Waals surface area contributed by atoms with Crippen LogP contribution in [0.25, 0.3) is 0 Å². The number of carboxylic acids is 1. The van der Waals surface area contributed by atoms with Crippen LogP contribution in [0.4, 0.5) is 4.79 Å². The molecule has 3 amide bonds. The van der Waals surface area contributed by atoms with E-state index in [-0.39, 0.29) is 0 Å². The van der Waals surface area contributed by atoms with Crippen molar-refractivity contribution in [3.63, 3.8) is 0 Å². The Morgan fingerprint density at radius 3 is 2.50 bits per heavy atom. The number of amides is 3. The predicted octanol–water partition coefficient (Wildman–Crippen LogP) is 0.0557. The summed E-state index contributed by atoms with van der Waals surface area (Å²) in [5, 5.41) is 10.4. The summed E-state index contributed by atoms with van der Waals surface area (Å²) in [5.41, 5.74) is 0. The number of urea groups is 1. The lowest BCUT2D eigenvalue weighted by atomic mass is 9.85. The van der Waals surface area contributed by atoms with Crippen molar-refractivity contribution in [3.05, 3.63) is 0 Å². The van der Waals surface area contributed by atoms with Crippen LogP contribution in [-0.2, 0) is 14.3 Å². The Kier molecular flexibility index (Phi) is 5.57. The summed E-state index contributed by atoms with van der Waals surface area (Å²) in [5.74, 6) is -1.27. The lowest BCUT2D eigenvalue weighted by Gasteiger charge is -2.29. The average Bonchev–Trinajstić information content (AvgIpc) is 2.22. The molecule has 0 aromatic carbocycles. The van der Waals surface area contributed by atoms with E-state index in [0.29, 0.717) is 12.5 Å². The molecule has 0 spiro atoms. The third-order valence-corrected chi connectivity index (χ3v) is 2.81. The lowest BCUT2D eigenvalue weighted by Crippen LogP contribution is -2.44. The molecule has 0 bridgehead atoms. The monoisotopic (exact) mass is 258 g/mol. The van der Waals surface area contributed by atoms with Crippen LogP contribution in [0.2, 0.25) is 0 Å². The van der Waals surface area contributed by atoms with Crippen LogP contribution in [0.15, 0.2) is 0 Å². The number of carbonyl (C=O) groups is 3. The standard InChI is InChI=1S/C11H18N2O5/c1-13(5-8-3-2-4-8)11(17)12-9(14)6-18-7-10(15)16/h8H,2-7H2,1H3,(H,15,16)(H,12,14,17). The molecular formula is C11H18N2O5. The third kappa shape index (κ3) is 5.13. The number of ether oxygens (including phenoxy) is 1. The molecule has 0 aromatic rings. The van der Waals surface area contributed by atoms with Crippen molar-refractivity contribution < 1.29 is 24.2 Å². The van der Waals surface area contributed by atoms with Crippen LogP contribution in [0, 0.1) is 5.92 Å². The number of nitrogens with one attached hydrogen (secondary N) is 1. The molecule has 7 nitrogen and oxygen atoms in total. The summed E-state index contributed by atoms with van der Waals surface area (Å²) in [6.07, 6.45) is 3.43. The van der Waals surface area contributed by atoms with E-state index in [4.69, 9.17) is 5.11 Å². The largest absolute Gasteiger partial charge is 0.480 e. The molecule has 0 saturated heterocycles. The minimum atomic E-state index is -1.16. The summed E-state index contributed by atoms with van der Waals surface area (Å²) in [6, 6.07) is -0.481. The van der Waals surface area contributed by atoms with Crippen LogP contribution in [0.5, 0.6) is 0 Å². The van der Waals surface area contributed by atoms with Gasteiger partial charge in [-0.25, -0.2) is 9.59 Å². The number of nitrogens with zero attached hydrogens (tertiary/aromatic N) is 1. The van der Waals surface area contributed by atoms with Gasteiger partial charge in [-0.05, 0) is 18.8 Å². The van der Waals surface area contributed by atoms with Crippen molar-refractivity contribution in [2.24, 2.45) is 5.92 Å². The Hall–Kier alpha value is -1.63. The molecule has 0 atom stereocenters. The zero-order chi connectivity index (χ0) is 13.5. The van der Waals surface area contributed by atoms with Crippen LogP contribution in [0.1, 0.15) is 19.3 Å². The van der Waals surface area contributed by atoms with Crippen molar-refractivity contribution in [1.29, 1.82) is 0 Å². The zero-order valence-corrected chi connectivity index (χ0v) is 10.3. The highest BCUT2D eigenvalue weighted by Crippen LogP contribution is 2.26. The summed E-state index contributed by atoms with van der Waals surface area (Å²) < 4.78 is 4.57. The highest BCUT2D eigenvalue weighted by molar-refractivity contribution is 5.94. The molecule has 1 saturated carbocycles. The van der Waals surface area contributed by atoms with Crippen LogP contribution < -0.4 is 5.32 Å². The number of imide groups is 1. The molecule has 1 fully saturated rings. The number of carboxylic acid groups (broad SMARTS) is 1.